The van der Waals surface area contributed by atoms with Crippen molar-refractivity contribution in [3.63, 3.8) is 0 Å². The van der Waals surface area contributed by atoms with Gasteiger partial charge in [0.05, 0.1) is 17.5 Å². The van der Waals surface area contributed by atoms with Gasteiger partial charge in [-0.1, -0.05) is 0 Å². The van der Waals surface area contributed by atoms with Crippen molar-refractivity contribution in [1.29, 1.82) is 0 Å². The Kier molecular flexibility index (Phi) is 2.92. The van der Waals surface area contributed by atoms with E-state index in [2.05, 4.69) is 5.32 Å². The van der Waals surface area contributed by atoms with Gasteiger partial charge >= 0.3 is 0 Å². The lowest BCUT2D eigenvalue weighted by molar-refractivity contribution is -0.122. The van der Waals surface area contributed by atoms with Crippen molar-refractivity contribution in [2.45, 2.75) is 25.4 Å². The third-order valence-electron chi connectivity index (χ3n) is 1.99. The fourth-order valence-electron chi connectivity index (χ4n) is 1.24. The lowest BCUT2D eigenvalue weighted by Gasteiger charge is -2.12. The summed E-state index contributed by atoms with van der Waals surface area (Å²) in [6.07, 6.45) is 0.501. The Labute approximate surface area is 77.6 Å². The molecule has 1 fully saturated rings. The zero-order valence-electron chi connectivity index (χ0n) is 7.49. The van der Waals surface area contributed by atoms with Gasteiger partial charge in [0.1, 0.15) is 0 Å². The van der Waals surface area contributed by atoms with Gasteiger partial charge in [-0.3, -0.25) is 4.79 Å². The molecule has 0 aliphatic carbocycles. The maximum atomic E-state index is 11.1. The van der Waals surface area contributed by atoms with E-state index >= 15 is 0 Å². The molecule has 0 saturated carbocycles. The van der Waals surface area contributed by atoms with Crippen LogP contribution in [0.1, 0.15) is 13.3 Å². The van der Waals surface area contributed by atoms with Gasteiger partial charge in [-0.25, -0.2) is 8.42 Å². The van der Waals surface area contributed by atoms with Crippen LogP contribution in [0.25, 0.3) is 0 Å². The summed E-state index contributed by atoms with van der Waals surface area (Å²) in [6.45, 7) is 1.57. The van der Waals surface area contributed by atoms with E-state index in [4.69, 9.17) is 5.73 Å². The average Bonchev–Trinajstić information content (AvgIpc) is 2.30. The number of carbonyl (C=O) groups excluding carboxylic acids is 1. The molecule has 0 bridgehead atoms. The fourth-order valence-corrected chi connectivity index (χ4v) is 2.91. The monoisotopic (exact) mass is 206 g/mol. The molecule has 0 radical (unpaired) electrons. The third-order valence-corrected chi connectivity index (χ3v) is 3.76. The summed E-state index contributed by atoms with van der Waals surface area (Å²) in [5.74, 6) is -0.0790. The van der Waals surface area contributed by atoms with E-state index in [1.54, 1.807) is 6.92 Å². The highest BCUT2D eigenvalue weighted by Crippen LogP contribution is 2.10. The van der Waals surface area contributed by atoms with Gasteiger partial charge in [0.15, 0.2) is 9.84 Å². The van der Waals surface area contributed by atoms with E-state index in [-0.39, 0.29) is 23.5 Å². The van der Waals surface area contributed by atoms with Crippen LogP contribution in [0.5, 0.6) is 0 Å². The zero-order valence-corrected chi connectivity index (χ0v) is 8.30. The largest absolute Gasteiger partial charge is 0.351 e. The fraction of sp³-hybridized carbons (Fsp3) is 0.857. The molecule has 0 aromatic rings. The molecule has 1 amide bonds. The van der Waals surface area contributed by atoms with Gasteiger partial charge in [-0.2, -0.15) is 0 Å². The Balaban J connectivity index is 2.46. The Hall–Kier alpha value is -0.620. The molecule has 0 aromatic carbocycles. The average molecular weight is 206 g/mol. The SMILES string of the molecule is C[C@@H](N)C(=O)NC1CCS(=O)(=O)C1. The summed E-state index contributed by atoms with van der Waals surface area (Å²) in [6, 6.07) is -0.827. The second kappa shape index (κ2) is 3.63. The summed E-state index contributed by atoms with van der Waals surface area (Å²) < 4.78 is 22.0. The van der Waals surface area contributed by atoms with Crippen LogP contribution in [-0.2, 0) is 14.6 Å². The number of hydrogen-bond acceptors (Lipinski definition) is 4. The van der Waals surface area contributed by atoms with Gasteiger partial charge in [0, 0.05) is 6.04 Å². The first-order chi connectivity index (χ1) is 5.91. The summed E-state index contributed by atoms with van der Waals surface area (Å²) in [7, 11) is -2.92. The second-order valence-electron chi connectivity index (χ2n) is 3.40. The first-order valence-corrected chi connectivity index (χ1v) is 5.99. The quantitative estimate of drug-likeness (QED) is 0.584. The molecule has 3 N–H and O–H groups in total. The number of nitrogens with one attached hydrogen (secondary N) is 1. The van der Waals surface area contributed by atoms with Crippen molar-refractivity contribution in [3.8, 4) is 0 Å². The van der Waals surface area contributed by atoms with Crippen LogP contribution >= 0.6 is 0 Å². The van der Waals surface area contributed by atoms with E-state index < -0.39 is 15.9 Å². The minimum Gasteiger partial charge on any atom is -0.351 e. The van der Waals surface area contributed by atoms with Crippen molar-refractivity contribution in [1.82, 2.24) is 5.32 Å². The first kappa shape index (κ1) is 10.5. The minimum absolute atomic E-state index is 0.0471. The third kappa shape index (κ3) is 2.96. The summed E-state index contributed by atoms with van der Waals surface area (Å²) in [4.78, 5) is 11.1. The number of rotatable bonds is 2. The molecule has 1 heterocycles. The van der Waals surface area contributed by atoms with Gasteiger partial charge in [-0.05, 0) is 13.3 Å². The lowest BCUT2D eigenvalue weighted by Crippen LogP contribution is -2.44. The predicted octanol–water partition coefficient (Wildman–Crippen LogP) is -1.36. The number of sulfone groups is 1. The standard InChI is InChI=1S/C7H14N2O3S/c1-5(8)7(10)9-6-2-3-13(11,12)4-6/h5-6H,2-4,8H2,1H3,(H,9,10)/t5-,6?/m1/s1. The molecule has 76 valence electrons. The van der Waals surface area contributed by atoms with Crippen LogP contribution in [0.15, 0.2) is 0 Å². The molecular formula is C7H14N2O3S. The van der Waals surface area contributed by atoms with Crippen LogP contribution in [0.2, 0.25) is 0 Å². The second-order valence-corrected chi connectivity index (χ2v) is 5.63. The molecule has 1 saturated heterocycles. The molecule has 6 heteroatoms. The molecule has 1 aliphatic heterocycles. The van der Waals surface area contributed by atoms with E-state index in [0.29, 0.717) is 6.42 Å². The van der Waals surface area contributed by atoms with E-state index in [0.717, 1.165) is 0 Å². The van der Waals surface area contributed by atoms with E-state index in [9.17, 15) is 13.2 Å². The van der Waals surface area contributed by atoms with Crippen molar-refractivity contribution >= 4 is 15.7 Å². The van der Waals surface area contributed by atoms with Crippen LogP contribution < -0.4 is 11.1 Å². The van der Waals surface area contributed by atoms with Crippen molar-refractivity contribution in [3.05, 3.63) is 0 Å². The smallest absolute Gasteiger partial charge is 0.236 e. The van der Waals surface area contributed by atoms with Crippen molar-refractivity contribution < 1.29 is 13.2 Å². The Bertz CT molecular complexity index is 297. The summed E-state index contributed by atoms with van der Waals surface area (Å²) >= 11 is 0. The predicted molar refractivity (Wildman–Crippen MR) is 48.9 cm³/mol. The Morgan fingerprint density at radius 3 is 2.62 bits per heavy atom. The molecule has 0 aromatic heterocycles. The highest BCUT2D eigenvalue weighted by molar-refractivity contribution is 7.91. The molecular weight excluding hydrogens is 192 g/mol. The molecule has 1 rings (SSSR count). The van der Waals surface area contributed by atoms with E-state index in [1.807, 2.05) is 0 Å². The highest BCUT2D eigenvalue weighted by Gasteiger charge is 2.29. The molecule has 5 nitrogen and oxygen atoms in total. The van der Waals surface area contributed by atoms with Crippen LogP contribution in [0, 0.1) is 0 Å². The number of amides is 1. The summed E-state index contributed by atoms with van der Waals surface area (Å²) in [5, 5.41) is 2.59. The van der Waals surface area contributed by atoms with Gasteiger partial charge in [-0.15, -0.1) is 0 Å². The molecule has 2 atom stereocenters. The maximum absolute atomic E-state index is 11.1. The van der Waals surface area contributed by atoms with Crippen LogP contribution in [0.4, 0.5) is 0 Å². The Morgan fingerprint density at radius 1 is 1.62 bits per heavy atom. The van der Waals surface area contributed by atoms with Crippen molar-refractivity contribution in [2.75, 3.05) is 11.5 Å². The molecule has 0 spiro atoms. The summed E-state index contributed by atoms with van der Waals surface area (Å²) in [5.41, 5.74) is 5.32. The number of nitrogens with two attached hydrogens (primary N) is 1. The minimum atomic E-state index is -2.92. The molecule has 13 heavy (non-hydrogen) atoms. The zero-order chi connectivity index (χ0) is 10.1. The highest BCUT2D eigenvalue weighted by atomic mass is 32.2. The lowest BCUT2D eigenvalue weighted by atomic mass is 10.2. The number of carbonyl (C=O) groups is 1. The number of hydrogen-bond donors (Lipinski definition) is 2. The van der Waals surface area contributed by atoms with Crippen molar-refractivity contribution in [2.24, 2.45) is 5.73 Å². The molecule has 1 unspecified atom stereocenters. The maximum Gasteiger partial charge on any atom is 0.236 e. The van der Waals surface area contributed by atoms with Crippen LogP contribution in [0.3, 0.4) is 0 Å². The molecule has 1 aliphatic rings. The Morgan fingerprint density at radius 2 is 2.23 bits per heavy atom. The van der Waals surface area contributed by atoms with Gasteiger partial charge in [0.25, 0.3) is 0 Å². The van der Waals surface area contributed by atoms with Crippen LogP contribution in [-0.4, -0.2) is 37.9 Å². The van der Waals surface area contributed by atoms with Gasteiger partial charge < -0.3 is 11.1 Å². The van der Waals surface area contributed by atoms with E-state index in [1.165, 1.54) is 0 Å². The normalized spacial score (nSPS) is 28.3. The van der Waals surface area contributed by atoms with Gasteiger partial charge in [0.2, 0.25) is 5.91 Å². The first-order valence-electron chi connectivity index (χ1n) is 4.17. The topological polar surface area (TPSA) is 89.3 Å².